The first-order valence-electron chi connectivity index (χ1n) is 6.79. The van der Waals surface area contributed by atoms with Gasteiger partial charge in [-0.25, -0.2) is 8.42 Å². The quantitative estimate of drug-likeness (QED) is 0.528. The molecule has 23 heavy (non-hydrogen) atoms. The lowest BCUT2D eigenvalue weighted by Crippen LogP contribution is -2.09. The minimum atomic E-state index is -3.28. The van der Waals surface area contributed by atoms with Crippen molar-refractivity contribution in [2.24, 2.45) is 0 Å². The van der Waals surface area contributed by atoms with Crippen LogP contribution in [0.25, 0.3) is 0 Å². The second-order valence-corrected chi connectivity index (χ2v) is 9.39. The lowest BCUT2D eigenvalue weighted by atomic mass is 10.4. The van der Waals surface area contributed by atoms with Crippen molar-refractivity contribution in [1.82, 2.24) is 0 Å². The molecular formula is C16H15ClO3S3. The Morgan fingerprint density at radius 3 is 2.30 bits per heavy atom. The highest BCUT2D eigenvalue weighted by Crippen LogP contribution is 2.22. The topological polar surface area (TPSA) is 51.2 Å². The molecule has 0 N–H and O–H groups in total. The van der Waals surface area contributed by atoms with Crippen molar-refractivity contribution in [1.29, 1.82) is 0 Å². The molecule has 0 aliphatic heterocycles. The predicted octanol–water partition coefficient (Wildman–Crippen LogP) is 4.17. The minimum absolute atomic E-state index is 0.00516. The Morgan fingerprint density at radius 1 is 1.00 bits per heavy atom. The number of carbonyl (C=O) groups is 1. The van der Waals surface area contributed by atoms with Gasteiger partial charge >= 0.3 is 0 Å². The van der Waals surface area contributed by atoms with Crippen molar-refractivity contribution >= 4 is 50.1 Å². The van der Waals surface area contributed by atoms with Crippen LogP contribution in [0.2, 0.25) is 5.02 Å². The average molecular weight is 387 g/mol. The van der Waals surface area contributed by atoms with Crippen LogP contribution in [-0.4, -0.2) is 30.8 Å². The van der Waals surface area contributed by atoms with E-state index in [0.29, 0.717) is 15.7 Å². The number of benzene rings is 2. The van der Waals surface area contributed by atoms with Gasteiger partial charge in [0.25, 0.3) is 0 Å². The first kappa shape index (κ1) is 18.4. The van der Waals surface area contributed by atoms with E-state index in [2.05, 4.69) is 0 Å². The molecule has 0 spiro atoms. The van der Waals surface area contributed by atoms with Gasteiger partial charge in [-0.1, -0.05) is 41.6 Å². The summed E-state index contributed by atoms with van der Waals surface area (Å²) in [6, 6.07) is 15.4. The van der Waals surface area contributed by atoms with E-state index >= 15 is 0 Å². The Morgan fingerprint density at radius 2 is 1.65 bits per heavy atom. The van der Waals surface area contributed by atoms with Crippen molar-refractivity contribution in [2.45, 2.75) is 9.79 Å². The molecule has 2 rings (SSSR count). The highest BCUT2D eigenvalue weighted by atomic mass is 35.5. The van der Waals surface area contributed by atoms with Gasteiger partial charge in [-0.05, 0) is 36.4 Å². The Bertz CT molecular complexity index is 744. The largest absolute Gasteiger partial charge is 0.286 e. The second-order valence-electron chi connectivity index (χ2n) is 4.61. The summed E-state index contributed by atoms with van der Waals surface area (Å²) in [5.41, 5.74) is 0. The van der Waals surface area contributed by atoms with Gasteiger partial charge in [0.2, 0.25) is 5.12 Å². The molecule has 0 aliphatic rings. The van der Waals surface area contributed by atoms with Gasteiger partial charge in [0.15, 0.2) is 9.84 Å². The summed E-state index contributed by atoms with van der Waals surface area (Å²) in [6.45, 7) is 0. The van der Waals surface area contributed by atoms with Crippen LogP contribution in [0.5, 0.6) is 0 Å². The van der Waals surface area contributed by atoms with Gasteiger partial charge < -0.3 is 0 Å². The molecule has 0 aromatic heterocycles. The van der Waals surface area contributed by atoms with Crippen LogP contribution in [0.3, 0.4) is 0 Å². The van der Waals surface area contributed by atoms with Crippen molar-refractivity contribution < 1.29 is 13.2 Å². The maximum absolute atomic E-state index is 12.1. The van der Waals surface area contributed by atoms with Crippen LogP contribution < -0.4 is 0 Å². The van der Waals surface area contributed by atoms with Gasteiger partial charge in [-0.2, -0.15) is 11.8 Å². The smallest absolute Gasteiger partial charge is 0.203 e. The third kappa shape index (κ3) is 6.22. The lowest BCUT2D eigenvalue weighted by Gasteiger charge is -2.04. The zero-order valence-electron chi connectivity index (χ0n) is 12.1. The number of hydrogen-bond donors (Lipinski definition) is 0. The fourth-order valence-electron chi connectivity index (χ4n) is 1.73. The molecule has 0 unspecified atom stereocenters. The molecule has 0 amide bonds. The van der Waals surface area contributed by atoms with E-state index in [-0.39, 0.29) is 16.6 Å². The molecule has 122 valence electrons. The van der Waals surface area contributed by atoms with Crippen LogP contribution in [0.1, 0.15) is 0 Å². The Hall–Kier alpha value is -0.950. The van der Waals surface area contributed by atoms with Crippen LogP contribution in [0.4, 0.5) is 0 Å². The number of sulfone groups is 1. The molecule has 7 heteroatoms. The van der Waals surface area contributed by atoms with Crippen LogP contribution >= 0.6 is 35.1 Å². The maximum Gasteiger partial charge on any atom is 0.203 e. The number of halogens is 1. The van der Waals surface area contributed by atoms with E-state index in [1.165, 1.54) is 11.8 Å². The van der Waals surface area contributed by atoms with Gasteiger partial charge in [0.1, 0.15) is 0 Å². The molecule has 0 atom stereocenters. The molecular weight excluding hydrogens is 372 g/mol. The lowest BCUT2D eigenvalue weighted by molar-refractivity contribution is -0.108. The molecule has 3 nitrogen and oxygen atoms in total. The van der Waals surface area contributed by atoms with Gasteiger partial charge in [-0.15, -0.1) is 0 Å². The molecule has 0 radical (unpaired) electrons. The van der Waals surface area contributed by atoms with E-state index in [1.807, 2.05) is 0 Å². The second kappa shape index (κ2) is 8.78. The van der Waals surface area contributed by atoms with Crippen molar-refractivity contribution in [3.8, 4) is 0 Å². The molecule has 0 fully saturated rings. The van der Waals surface area contributed by atoms with E-state index in [9.17, 15) is 13.2 Å². The highest BCUT2D eigenvalue weighted by Gasteiger charge is 2.14. The van der Waals surface area contributed by atoms with Crippen LogP contribution in [-0.2, 0) is 14.6 Å². The number of hydrogen-bond acceptors (Lipinski definition) is 5. The molecule has 2 aromatic rings. The monoisotopic (exact) mass is 386 g/mol. The average Bonchev–Trinajstić information content (AvgIpc) is 2.55. The summed E-state index contributed by atoms with van der Waals surface area (Å²) < 4.78 is 24.2. The first-order valence-corrected chi connectivity index (χ1v) is 10.8. The van der Waals surface area contributed by atoms with E-state index in [4.69, 9.17) is 11.6 Å². The normalized spacial score (nSPS) is 11.3. The van der Waals surface area contributed by atoms with Gasteiger partial charge in [0.05, 0.1) is 16.4 Å². The van der Waals surface area contributed by atoms with Crippen molar-refractivity contribution in [3.05, 3.63) is 59.6 Å². The zero-order valence-corrected chi connectivity index (χ0v) is 15.4. The summed E-state index contributed by atoms with van der Waals surface area (Å²) in [4.78, 5) is 13.0. The number of thioether (sulfide) groups is 2. The molecule has 0 heterocycles. The maximum atomic E-state index is 12.1. The third-order valence-corrected chi connectivity index (χ3v) is 7.13. The number of rotatable bonds is 7. The highest BCUT2D eigenvalue weighted by molar-refractivity contribution is 8.15. The fourth-order valence-corrected chi connectivity index (χ4v) is 5.35. The molecule has 0 saturated heterocycles. The fraction of sp³-hybridized carbons (Fsp3) is 0.188. The summed E-state index contributed by atoms with van der Waals surface area (Å²) in [5.74, 6) is 0.697. The SMILES string of the molecule is O=C(CSCCS(=O)(=O)c1ccccc1)Sc1ccc(Cl)cc1. The molecule has 2 aromatic carbocycles. The van der Waals surface area contributed by atoms with E-state index < -0.39 is 9.84 Å². The van der Waals surface area contributed by atoms with Gasteiger partial charge in [-0.3, -0.25) is 4.79 Å². The summed E-state index contributed by atoms with van der Waals surface area (Å²) >= 11 is 8.26. The predicted molar refractivity (Wildman–Crippen MR) is 98.1 cm³/mol. The molecule has 0 bridgehead atoms. The summed E-state index contributed by atoms with van der Waals surface area (Å²) in [7, 11) is -3.28. The minimum Gasteiger partial charge on any atom is -0.286 e. The Balaban J connectivity index is 1.75. The molecule has 0 saturated carbocycles. The molecule has 0 aliphatic carbocycles. The van der Waals surface area contributed by atoms with Crippen molar-refractivity contribution in [3.63, 3.8) is 0 Å². The Kier molecular flexibility index (Phi) is 7.02. The zero-order chi connectivity index (χ0) is 16.7. The Labute approximate surface area is 149 Å². The number of carbonyl (C=O) groups excluding carboxylic acids is 1. The van der Waals surface area contributed by atoms with Crippen LogP contribution in [0.15, 0.2) is 64.4 Å². The van der Waals surface area contributed by atoms with Gasteiger partial charge in [0, 0.05) is 15.7 Å². The summed E-state index contributed by atoms with van der Waals surface area (Å²) in [5, 5.41) is 0.622. The van der Waals surface area contributed by atoms with E-state index in [0.717, 1.165) is 16.7 Å². The van der Waals surface area contributed by atoms with Crippen molar-refractivity contribution in [2.75, 3.05) is 17.3 Å². The summed E-state index contributed by atoms with van der Waals surface area (Å²) in [6.07, 6.45) is 0. The first-order chi connectivity index (χ1) is 11.0. The van der Waals surface area contributed by atoms with Crippen LogP contribution in [0, 0.1) is 0 Å². The standard InChI is InChI=1S/C16H15ClO3S3/c17-13-6-8-14(9-7-13)22-16(18)12-21-10-11-23(19,20)15-4-2-1-3-5-15/h1-9H,10-12H2. The van der Waals surface area contributed by atoms with E-state index in [1.54, 1.807) is 54.6 Å². The third-order valence-electron chi connectivity index (χ3n) is 2.86.